The van der Waals surface area contributed by atoms with E-state index in [0.717, 1.165) is 30.8 Å². The van der Waals surface area contributed by atoms with Crippen molar-refractivity contribution >= 4 is 5.91 Å². The van der Waals surface area contributed by atoms with Crippen molar-refractivity contribution in [2.75, 3.05) is 6.54 Å². The lowest BCUT2D eigenvalue weighted by Gasteiger charge is -2.24. The van der Waals surface area contributed by atoms with Crippen LogP contribution in [0.1, 0.15) is 68.2 Å². The van der Waals surface area contributed by atoms with Gasteiger partial charge >= 0.3 is 0 Å². The van der Waals surface area contributed by atoms with Gasteiger partial charge in [0.15, 0.2) is 5.82 Å². The van der Waals surface area contributed by atoms with E-state index in [1.165, 1.54) is 0 Å². The predicted octanol–water partition coefficient (Wildman–Crippen LogP) is 2.59. The molecule has 0 unspecified atom stereocenters. The molecule has 0 aliphatic carbocycles. The molecular formula is C17H23N5O2. The lowest BCUT2D eigenvalue weighted by molar-refractivity contribution is -0.132. The average Bonchev–Trinajstić information content (AvgIpc) is 3.22. The molecule has 1 aliphatic rings. The second kappa shape index (κ2) is 7.07. The van der Waals surface area contributed by atoms with Crippen LogP contribution < -0.4 is 0 Å². The Morgan fingerprint density at radius 1 is 1.38 bits per heavy atom. The quantitative estimate of drug-likeness (QED) is 0.838. The van der Waals surface area contributed by atoms with E-state index in [1.54, 1.807) is 12.4 Å². The fraction of sp³-hybridized carbons (Fsp3) is 0.588. The third kappa shape index (κ3) is 3.60. The van der Waals surface area contributed by atoms with Crippen LogP contribution in [0.4, 0.5) is 0 Å². The lowest BCUT2D eigenvalue weighted by atomic mass is 10.1. The summed E-state index contributed by atoms with van der Waals surface area (Å²) in [5.41, 5.74) is 1.75. The maximum Gasteiger partial charge on any atom is 0.227 e. The highest BCUT2D eigenvalue weighted by Gasteiger charge is 2.31. The van der Waals surface area contributed by atoms with Crippen molar-refractivity contribution in [2.24, 2.45) is 0 Å². The summed E-state index contributed by atoms with van der Waals surface area (Å²) in [4.78, 5) is 27.6. The number of hydrogen-bond acceptors (Lipinski definition) is 6. The Hall–Kier alpha value is -2.31. The van der Waals surface area contributed by atoms with E-state index >= 15 is 0 Å². The molecule has 0 N–H and O–H groups in total. The van der Waals surface area contributed by atoms with Gasteiger partial charge in [-0.25, -0.2) is 0 Å². The average molecular weight is 329 g/mol. The van der Waals surface area contributed by atoms with Crippen molar-refractivity contribution < 1.29 is 9.32 Å². The van der Waals surface area contributed by atoms with E-state index in [9.17, 15) is 4.79 Å². The Labute approximate surface area is 141 Å². The van der Waals surface area contributed by atoms with Crippen LogP contribution in [0.15, 0.2) is 16.9 Å². The molecule has 2 aromatic heterocycles. The molecule has 128 valence electrons. The van der Waals surface area contributed by atoms with Gasteiger partial charge in [0.05, 0.1) is 23.6 Å². The zero-order valence-corrected chi connectivity index (χ0v) is 14.4. The van der Waals surface area contributed by atoms with Gasteiger partial charge in [-0.2, -0.15) is 4.98 Å². The maximum absolute atomic E-state index is 12.6. The number of rotatable bonds is 5. The standard InChI is InChI=1S/C17H23N5O2/c1-11(2)17-20-15(24-21-17)6-7-16(23)22-8-4-5-14(22)13-10-18-9-12(3)19-13/h9-11,14H,4-8H2,1-3H3/t14-/m1/s1. The predicted molar refractivity (Wildman–Crippen MR) is 87.2 cm³/mol. The number of hydrogen-bond donors (Lipinski definition) is 0. The third-order valence-corrected chi connectivity index (χ3v) is 4.24. The van der Waals surface area contributed by atoms with Gasteiger partial charge in [0.25, 0.3) is 0 Å². The second-order valence-electron chi connectivity index (χ2n) is 6.53. The second-order valence-corrected chi connectivity index (χ2v) is 6.53. The van der Waals surface area contributed by atoms with Gasteiger partial charge in [-0.1, -0.05) is 19.0 Å². The highest BCUT2D eigenvalue weighted by Crippen LogP contribution is 2.31. The Kier molecular flexibility index (Phi) is 4.87. The van der Waals surface area contributed by atoms with Crippen LogP contribution in [0.3, 0.4) is 0 Å². The molecule has 1 aliphatic heterocycles. The summed E-state index contributed by atoms with van der Waals surface area (Å²) in [6.45, 7) is 6.70. The molecule has 0 saturated carbocycles. The summed E-state index contributed by atoms with van der Waals surface area (Å²) < 4.78 is 5.21. The molecule has 1 fully saturated rings. The minimum Gasteiger partial charge on any atom is -0.339 e. The lowest BCUT2D eigenvalue weighted by Crippen LogP contribution is -2.31. The highest BCUT2D eigenvalue weighted by atomic mass is 16.5. The van der Waals surface area contributed by atoms with Gasteiger partial charge in [0, 0.05) is 31.5 Å². The molecule has 1 atom stereocenters. The summed E-state index contributed by atoms with van der Waals surface area (Å²) in [7, 11) is 0. The first-order valence-corrected chi connectivity index (χ1v) is 8.45. The molecule has 0 bridgehead atoms. The molecule has 2 aromatic rings. The largest absolute Gasteiger partial charge is 0.339 e. The van der Waals surface area contributed by atoms with E-state index in [1.807, 2.05) is 25.7 Å². The zero-order valence-electron chi connectivity index (χ0n) is 14.4. The van der Waals surface area contributed by atoms with E-state index in [0.29, 0.717) is 24.6 Å². The molecule has 24 heavy (non-hydrogen) atoms. The van der Waals surface area contributed by atoms with E-state index in [-0.39, 0.29) is 17.9 Å². The first-order valence-electron chi connectivity index (χ1n) is 8.45. The van der Waals surface area contributed by atoms with Crippen LogP contribution in [0.25, 0.3) is 0 Å². The normalized spacial score (nSPS) is 17.7. The molecule has 1 amide bonds. The van der Waals surface area contributed by atoms with E-state index in [4.69, 9.17) is 4.52 Å². The number of aromatic nitrogens is 4. The fourth-order valence-electron chi connectivity index (χ4n) is 2.98. The van der Waals surface area contributed by atoms with Gasteiger partial charge < -0.3 is 9.42 Å². The number of nitrogens with zero attached hydrogens (tertiary/aromatic N) is 5. The van der Waals surface area contributed by atoms with Crippen LogP contribution in [0, 0.1) is 6.92 Å². The maximum atomic E-state index is 12.6. The number of carbonyl (C=O) groups is 1. The molecule has 0 radical (unpaired) electrons. The van der Waals surface area contributed by atoms with Crippen molar-refractivity contribution in [3.05, 3.63) is 35.5 Å². The number of aryl methyl sites for hydroxylation is 2. The van der Waals surface area contributed by atoms with Crippen molar-refractivity contribution in [2.45, 2.75) is 58.4 Å². The molecule has 0 aromatic carbocycles. The van der Waals surface area contributed by atoms with Gasteiger partial charge in [-0.15, -0.1) is 0 Å². The molecule has 3 rings (SSSR count). The minimum atomic E-state index is 0.0267. The van der Waals surface area contributed by atoms with Crippen molar-refractivity contribution in [3.63, 3.8) is 0 Å². The van der Waals surface area contributed by atoms with E-state index in [2.05, 4.69) is 20.1 Å². The SMILES string of the molecule is Cc1cncc([C@H]2CCCN2C(=O)CCc2nc(C(C)C)no2)n1. The van der Waals surface area contributed by atoms with Crippen molar-refractivity contribution in [1.82, 2.24) is 25.0 Å². The Balaban J connectivity index is 1.63. The smallest absolute Gasteiger partial charge is 0.227 e. The van der Waals surface area contributed by atoms with Crippen LogP contribution in [-0.4, -0.2) is 37.5 Å². The Morgan fingerprint density at radius 2 is 2.21 bits per heavy atom. The van der Waals surface area contributed by atoms with Gasteiger partial charge in [0.1, 0.15) is 0 Å². The summed E-state index contributed by atoms with van der Waals surface area (Å²) >= 11 is 0. The summed E-state index contributed by atoms with van der Waals surface area (Å²) in [6.07, 6.45) is 6.26. The van der Waals surface area contributed by atoms with Crippen LogP contribution in [0.2, 0.25) is 0 Å². The van der Waals surface area contributed by atoms with Crippen molar-refractivity contribution in [3.8, 4) is 0 Å². The number of likely N-dealkylation sites (tertiary alicyclic amines) is 1. The van der Waals surface area contributed by atoms with Gasteiger partial charge in [0.2, 0.25) is 11.8 Å². The zero-order chi connectivity index (χ0) is 17.1. The third-order valence-electron chi connectivity index (χ3n) is 4.24. The van der Waals surface area contributed by atoms with Crippen LogP contribution in [0.5, 0.6) is 0 Å². The monoisotopic (exact) mass is 329 g/mol. The molecule has 7 heteroatoms. The molecule has 0 spiro atoms. The topological polar surface area (TPSA) is 85.0 Å². The summed E-state index contributed by atoms with van der Waals surface area (Å²) in [5.74, 6) is 1.54. The molecule has 7 nitrogen and oxygen atoms in total. The summed E-state index contributed by atoms with van der Waals surface area (Å²) in [6, 6.07) is 0.0267. The number of carbonyl (C=O) groups excluding carboxylic acids is 1. The van der Waals surface area contributed by atoms with Gasteiger partial charge in [-0.05, 0) is 19.8 Å². The highest BCUT2D eigenvalue weighted by molar-refractivity contribution is 5.77. The van der Waals surface area contributed by atoms with E-state index < -0.39 is 0 Å². The molecular weight excluding hydrogens is 306 g/mol. The van der Waals surface area contributed by atoms with Crippen LogP contribution >= 0.6 is 0 Å². The van der Waals surface area contributed by atoms with Crippen molar-refractivity contribution in [1.29, 1.82) is 0 Å². The first-order chi connectivity index (χ1) is 11.5. The van der Waals surface area contributed by atoms with Gasteiger partial charge in [-0.3, -0.25) is 14.8 Å². The minimum absolute atomic E-state index is 0.0267. The first kappa shape index (κ1) is 16.5. The number of amides is 1. The summed E-state index contributed by atoms with van der Waals surface area (Å²) in [5, 5.41) is 3.93. The molecule has 1 saturated heterocycles. The Bertz CT molecular complexity index is 713. The van der Waals surface area contributed by atoms with Crippen LogP contribution in [-0.2, 0) is 11.2 Å². The Morgan fingerprint density at radius 3 is 2.92 bits per heavy atom. The fourth-order valence-corrected chi connectivity index (χ4v) is 2.98. The molecule has 3 heterocycles.